The van der Waals surface area contributed by atoms with Gasteiger partial charge in [-0.1, -0.05) is 43.5 Å². The van der Waals surface area contributed by atoms with Gasteiger partial charge in [0.2, 0.25) is 0 Å². The third kappa shape index (κ3) is 4.83. The van der Waals surface area contributed by atoms with Crippen LogP contribution in [0, 0.1) is 0 Å². The maximum absolute atomic E-state index is 11.5. The Morgan fingerprint density at radius 1 is 1.19 bits per heavy atom. The van der Waals surface area contributed by atoms with Gasteiger partial charge in [-0.15, -0.1) is 0 Å². The summed E-state index contributed by atoms with van der Waals surface area (Å²) in [5.41, 5.74) is 8.19. The molecule has 0 spiro atoms. The number of ether oxygens (including phenoxy) is 2. The molecule has 2 N–H and O–H groups in total. The van der Waals surface area contributed by atoms with E-state index in [1.54, 1.807) is 0 Å². The van der Waals surface area contributed by atoms with E-state index < -0.39 is 0 Å². The van der Waals surface area contributed by atoms with Gasteiger partial charge in [0.15, 0.2) is 0 Å². The van der Waals surface area contributed by atoms with Crippen LogP contribution in [-0.2, 0) is 27.3 Å². The average molecular weight is 291 g/mol. The summed E-state index contributed by atoms with van der Waals surface area (Å²) >= 11 is 0. The smallest absolute Gasteiger partial charge is 0.309 e. The molecule has 0 aromatic heterocycles. The quantitative estimate of drug-likeness (QED) is 0.669. The molecule has 1 aromatic rings. The van der Waals surface area contributed by atoms with E-state index in [0.29, 0.717) is 6.61 Å². The highest BCUT2D eigenvalue weighted by Crippen LogP contribution is 2.21. The molecule has 2 atom stereocenters. The molecule has 0 heterocycles. The molecule has 1 aliphatic rings. The van der Waals surface area contributed by atoms with Gasteiger partial charge in [0, 0.05) is 6.04 Å². The zero-order valence-electron chi connectivity index (χ0n) is 12.7. The molecule has 2 rings (SSSR count). The first kappa shape index (κ1) is 16.0. The van der Waals surface area contributed by atoms with Crippen molar-refractivity contribution in [2.24, 2.45) is 5.73 Å². The highest BCUT2D eigenvalue weighted by Gasteiger charge is 2.21. The molecule has 0 saturated heterocycles. The van der Waals surface area contributed by atoms with Gasteiger partial charge < -0.3 is 15.2 Å². The Kier molecular flexibility index (Phi) is 6.21. The van der Waals surface area contributed by atoms with Crippen LogP contribution in [0.15, 0.2) is 24.3 Å². The van der Waals surface area contributed by atoms with E-state index in [1.807, 2.05) is 24.3 Å². The number of esters is 1. The summed E-state index contributed by atoms with van der Waals surface area (Å²) < 4.78 is 10.8. The van der Waals surface area contributed by atoms with Gasteiger partial charge in [-0.3, -0.25) is 4.79 Å². The summed E-state index contributed by atoms with van der Waals surface area (Å²) in [5, 5.41) is 0. The summed E-state index contributed by atoms with van der Waals surface area (Å²) in [4.78, 5) is 11.5. The lowest BCUT2D eigenvalue weighted by atomic mass is 10.0. The molecule has 1 aliphatic carbocycles. The van der Waals surface area contributed by atoms with Crippen LogP contribution in [0.4, 0.5) is 0 Å². The van der Waals surface area contributed by atoms with E-state index in [1.165, 1.54) is 26.4 Å². The van der Waals surface area contributed by atoms with E-state index in [-0.39, 0.29) is 24.5 Å². The minimum atomic E-state index is -0.228. The van der Waals surface area contributed by atoms with Crippen molar-refractivity contribution in [1.82, 2.24) is 0 Å². The topological polar surface area (TPSA) is 61.5 Å². The molecule has 1 saturated carbocycles. The fourth-order valence-electron chi connectivity index (χ4n) is 2.80. The summed E-state index contributed by atoms with van der Waals surface area (Å²) in [7, 11) is 1.41. The van der Waals surface area contributed by atoms with E-state index in [0.717, 1.165) is 24.0 Å². The predicted octanol–water partition coefficient (Wildman–Crippen LogP) is 2.58. The standard InChI is InChI=1S/C17H25NO3/c1-20-17(19)11-13-7-5-6-8-14(13)12-21-16-10-4-2-3-9-15(16)18/h5-8,15-16H,2-4,9-12,18H2,1H3. The predicted molar refractivity (Wildman–Crippen MR) is 81.8 cm³/mol. The summed E-state index contributed by atoms with van der Waals surface area (Å²) in [5.74, 6) is -0.228. The minimum Gasteiger partial charge on any atom is -0.469 e. The Balaban J connectivity index is 1.97. The molecule has 0 radical (unpaired) electrons. The first-order valence-electron chi connectivity index (χ1n) is 7.71. The van der Waals surface area contributed by atoms with Crippen LogP contribution in [0.5, 0.6) is 0 Å². The normalized spacial score (nSPS) is 22.6. The largest absolute Gasteiger partial charge is 0.469 e. The van der Waals surface area contributed by atoms with Gasteiger partial charge in [0.1, 0.15) is 0 Å². The Bertz CT molecular complexity index is 461. The van der Waals surface area contributed by atoms with E-state index >= 15 is 0 Å². The molecular weight excluding hydrogens is 266 g/mol. The molecule has 0 amide bonds. The van der Waals surface area contributed by atoms with Crippen molar-refractivity contribution in [2.75, 3.05) is 7.11 Å². The number of hydrogen-bond acceptors (Lipinski definition) is 4. The fraction of sp³-hybridized carbons (Fsp3) is 0.588. The van der Waals surface area contributed by atoms with E-state index in [9.17, 15) is 4.79 Å². The van der Waals surface area contributed by atoms with Crippen LogP contribution >= 0.6 is 0 Å². The minimum absolute atomic E-state index is 0.124. The lowest BCUT2D eigenvalue weighted by molar-refractivity contribution is -0.139. The van der Waals surface area contributed by atoms with Gasteiger partial charge in [-0.05, 0) is 24.0 Å². The second kappa shape index (κ2) is 8.15. The van der Waals surface area contributed by atoms with Gasteiger partial charge >= 0.3 is 5.97 Å². The molecule has 0 bridgehead atoms. The van der Waals surface area contributed by atoms with Crippen molar-refractivity contribution in [3.8, 4) is 0 Å². The number of carbonyl (C=O) groups excluding carboxylic acids is 1. The van der Waals surface area contributed by atoms with Crippen LogP contribution in [0.25, 0.3) is 0 Å². The highest BCUT2D eigenvalue weighted by atomic mass is 16.5. The lowest BCUT2D eigenvalue weighted by Crippen LogP contribution is -2.35. The number of hydrogen-bond donors (Lipinski definition) is 1. The second-order valence-electron chi connectivity index (χ2n) is 5.67. The van der Waals surface area contributed by atoms with Crippen LogP contribution in [0.1, 0.15) is 43.2 Å². The maximum atomic E-state index is 11.5. The molecule has 1 fully saturated rings. The SMILES string of the molecule is COC(=O)Cc1ccccc1COC1CCCCCC1N. The van der Waals surface area contributed by atoms with Crippen LogP contribution in [0.2, 0.25) is 0 Å². The molecule has 4 heteroatoms. The van der Waals surface area contributed by atoms with Gasteiger partial charge in [0.05, 0.1) is 26.2 Å². The van der Waals surface area contributed by atoms with Crippen molar-refractivity contribution in [2.45, 2.75) is 57.3 Å². The Morgan fingerprint density at radius 2 is 1.90 bits per heavy atom. The summed E-state index contributed by atoms with van der Waals surface area (Å²) in [6.07, 6.45) is 6.09. The molecule has 1 aromatic carbocycles. The van der Waals surface area contributed by atoms with Crippen LogP contribution < -0.4 is 5.73 Å². The number of methoxy groups -OCH3 is 1. The molecule has 0 aliphatic heterocycles. The van der Waals surface area contributed by atoms with E-state index in [2.05, 4.69) is 0 Å². The highest BCUT2D eigenvalue weighted by molar-refractivity contribution is 5.72. The summed E-state index contributed by atoms with van der Waals surface area (Å²) in [6.45, 7) is 0.505. The number of carbonyl (C=O) groups is 1. The molecule has 21 heavy (non-hydrogen) atoms. The zero-order chi connectivity index (χ0) is 15.1. The molecule has 4 nitrogen and oxygen atoms in total. The Labute approximate surface area is 126 Å². The van der Waals surface area contributed by atoms with Crippen molar-refractivity contribution in [3.05, 3.63) is 35.4 Å². The first-order valence-corrected chi connectivity index (χ1v) is 7.71. The average Bonchev–Trinajstić information content (AvgIpc) is 2.71. The number of rotatable bonds is 5. The van der Waals surface area contributed by atoms with Crippen molar-refractivity contribution in [1.29, 1.82) is 0 Å². The van der Waals surface area contributed by atoms with Crippen molar-refractivity contribution < 1.29 is 14.3 Å². The van der Waals surface area contributed by atoms with Crippen molar-refractivity contribution in [3.63, 3.8) is 0 Å². The van der Waals surface area contributed by atoms with E-state index in [4.69, 9.17) is 15.2 Å². The number of benzene rings is 1. The second-order valence-corrected chi connectivity index (χ2v) is 5.67. The first-order chi connectivity index (χ1) is 10.2. The maximum Gasteiger partial charge on any atom is 0.309 e. The molecule has 116 valence electrons. The van der Waals surface area contributed by atoms with Gasteiger partial charge in [-0.2, -0.15) is 0 Å². The van der Waals surface area contributed by atoms with Crippen LogP contribution in [-0.4, -0.2) is 25.2 Å². The van der Waals surface area contributed by atoms with Crippen LogP contribution in [0.3, 0.4) is 0 Å². The van der Waals surface area contributed by atoms with Gasteiger partial charge in [0.25, 0.3) is 0 Å². The van der Waals surface area contributed by atoms with Gasteiger partial charge in [-0.25, -0.2) is 0 Å². The molecular formula is C17H25NO3. The van der Waals surface area contributed by atoms with Crippen molar-refractivity contribution >= 4 is 5.97 Å². The Hall–Kier alpha value is -1.39. The lowest BCUT2D eigenvalue weighted by Gasteiger charge is -2.22. The molecule has 2 unspecified atom stereocenters. The third-order valence-corrected chi connectivity index (χ3v) is 4.14. The summed E-state index contributed by atoms with van der Waals surface area (Å²) in [6, 6.07) is 7.97. The third-order valence-electron chi connectivity index (χ3n) is 4.14. The number of nitrogens with two attached hydrogens (primary N) is 1. The zero-order valence-corrected chi connectivity index (χ0v) is 12.7. The monoisotopic (exact) mass is 291 g/mol. The Morgan fingerprint density at radius 3 is 2.67 bits per heavy atom. The fourth-order valence-corrected chi connectivity index (χ4v) is 2.80.